The molecule has 132 valence electrons. The van der Waals surface area contributed by atoms with Crippen molar-refractivity contribution >= 4 is 11.9 Å². The standard InChI is InChI=1S/C19H30N4O/c1-15-8-7-13-23(14-15)18(24)11-12-21-19(20-3)22-16(2)17-9-5-4-6-10-17/h4-6,9-10,15-16H,7-8,11-14H2,1-3H3,(H2,20,21,22). The fraction of sp³-hybridized carbons (Fsp3) is 0.579. The van der Waals surface area contributed by atoms with Crippen molar-refractivity contribution in [3.8, 4) is 0 Å². The normalized spacial score (nSPS) is 19.7. The summed E-state index contributed by atoms with van der Waals surface area (Å²) in [7, 11) is 1.75. The molecular weight excluding hydrogens is 300 g/mol. The smallest absolute Gasteiger partial charge is 0.224 e. The zero-order valence-corrected chi connectivity index (χ0v) is 15.1. The highest BCUT2D eigenvalue weighted by Crippen LogP contribution is 2.16. The Hall–Kier alpha value is -2.04. The molecule has 5 heteroatoms. The topological polar surface area (TPSA) is 56.7 Å². The molecule has 1 fully saturated rings. The van der Waals surface area contributed by atoms with Crippen molar-refractivity contribution in [1.29, 1.82) is 0 Å². The number of nitrogens with zero attached hydrogens (tertiary/aromatic N) is 2. The molecule has 1 saturated heterocycles. The molecule has 1 aromatic carbocycles. The number of aliphatic imine (C=N–C) groups is 1. The third-order valence-corrected chi connectivity index (χ3v) is 4.52. The van der Waals surface area contributed by atoms with Crippen molar-refractivity contribution in [3.05, 3.63) is 35.9 Å². The number of benzene rings is 1. The van der Waals surface area contributed by atoms with E-state index < -0.39 is 0 Å². The van der Waals surface area contributed by atoms with Gasteiger partial charge in [-0.05, 0) is 31.2 Å². The molecule has 2 atom stereocenters. The lowest BCUT2D eigenvalue weighted by Crippen LogP contribution is -2.43. The number of carbonyl (C=O) groups excluding carboxylic acids is 1. The number of carbonyl (C=O) groups is 1. The van der Waals surface area contributed by atoms with Crippen molar-refractivity contribution in [2.75, 3.05) is 26.7 Å². The summed E-state index contributed by atoms with van der Waals surface area (Å²) >= 11 is 0. The number of piperidine rings is 1. The van der Waals surface area contributed by atoms with Gasteiger partial charge in [0.1, 0.15) is 0 Å². The van der Waals surface area contributed by atoms with Crippen LogP contribution in [0.4, 0.5) is 0 Å². The van der Waals surface area contributed by atoms with Gasteiger partial charge in [0.05, 0.1) is 6.04 Å². The van der Waals surface area contributed by atoms with Gasteiger partial charge in [-0.25, -0.2) is 0 Å². The van der Waals surface area contributed by atoms with Crippen LogP contribution in [0.25, 0.3) is 0 Å². The molecule has 0 radical (unpaired) electrons. The Labute approximate surface area is 145 Å². The quantitative estimate of drug-likeness (QED) is 0.644. The number of nitrogens with one attached hydrogen (secondary N) is 2. The first kappa shape index (κ1) is 18.3. The Bertz CT molecular complexity index is 544. The van der Waals surface area contributed by atoms with E-state index in [-0.39, 0.29) is 11.9 Å². The van der Waals surface area contributed by atoms with Crippen LogP contribution in [-0.4, -0.2) is 43.4 Å². The summed E-state index contributed by atoms with van der Waals surface area (Å²) in [5.74, 6) is 1.59. The van der Waals surface area contributed by atoms with Gasteiger partial charge < -0.3 is 15.5 Å². The highest BCUT2D eigenvalue weighted by Gasteiger charge is 2.20. The van der Waals surface area contributed by atoms with Crippen LogP contribution in [-0.2, 0) is 4.79 Å². The lowest BCUT2D eigenvalue weighted by Gasteiger charge is -2.31. The molecular formula is C19H30N4O. The Kier molecular flexibility index (Phi) is 7.09. The molecule has 1 aliphatic heterocycles. The number of likely N-dealkylation sites (tertiary alicyclic amines) is 1. The first-order valence-electron chi connectivity index (χ1n) is 8.90. The summed E-state index contributed by atoms with van der Waals surface area (Å²) in [6.45, 7) is 6.72. The van der Waals surface area contributed by atoms with Crippen molar-refractivity contribution < 1.29 is 4.79 Å². The fourth-order valence-electron chi connectivity index (χ4n) is 3.09. The zero-order chi connectivity index (χ0) is 17.4. The second-order valence-electron chi connectivity index (χ2n) is 6.61. The number of hydrogen-bond donors (Lipinski definition) is 2. The molecule has 0 aliphatic carbocycles. The van der Waals surface area contributed by atoms with Gasteiger partial charge >= 0.3 is 0 Å². The minimum absolute atomic E-state index is 0.163. The van der Waals surface area contributed by atoms with E-state index in [1.54, 1.807) is 7.05 Å². The number of rotatable bonds is 5. The first-order chi connectivity index (χ1) is 11.6. The molecule has 1 aliphatic rings. The van der Waals surface area contributed by atoms with E-state index in [0.29, 0.717) is 18.9 Å². The maximum absolute atomic E-state index is 12.3. The van der Waals surface area contributed by atoms with E-state index in [2.05, 4.69) is 41.6 Å². The average Bonchev–Trinajstić information content (AvgIpc) is 2.61. The van der Waals surface area contributed by atoms with Gasteiger partial charge in [-0.1, -0.05) is 37.3 Å². The van der Waals surface area contributed by atoms with Gasteiger partial charge in [-0.3, -0.25) is 9.79 Å². The van der Waals surface area contributed by atoms with Crippen molar-refractivity contribution in [3.63, 3.8) is 0 Å². The lowest BCUT2D eigenvalue weighted by atomic mass is 10.00. The predicted molar refractivity (Wildman–Crippen MR) is 98.9 cm³/mol. The van der Waals surface area contributed by atoms with Crippen LogP contribution in [0, 0.1) is 5.92 Å². The first-order valence-corrected chi connectivity index (χ1v) is 8.90. The summed E-state index contributed by atoms with van der Waals surface area (Å²) in [5.41, 5.74) is 1.21. The van der Waals surface area contributed by atoms with Crippen molar-refractivity contribution in [1.82, 2.24) is 15.5 Å². The van der Waals surface area contributed by atoms with Gasteiger partial charge in [0.25, 0.3) is 0 Å². The molecule has 0 bridgehead atoms. The summed E-state index contributed by atoms with van der Waals surface area (Å²) in [6.07, 6.45) is 2.86. The molecule has 1 aromatic rings. The molecule has 5 nitrogen and oxygen atoms in total. The van der Waals surface area contributed by atoms with Crippen LogP contribution in [0.2, 0.25) is 0 Å². The molecule has 2 N–H and O–H groups in total. The molecule has 1 amide bonds. The van der Waals surface area contributed by atoms with Crippen molar-refractivity contribution in [2.24, 2.45) is 10.9 Å². The molecule has 0 spiro atoms. The maximum atomic E-state index is 12.3. The molecule has 1 heterocycles. The Morgan fingerprint density at radius 3 is 2.79 bits per heavy atom. The van der Waals surface area contributed by atoms with E-state index in [1.165, 1.54) is 12.0 Å². The van der Waals surface area contributed by atoms with Crippen LogP contribution in [0.1, 0.15) is 44.7 Å². The molecule has 24 heavy (non-hydrogen) atoms. The minimum Gasteiger partial charge on any atom is -0.356 e. The Morgan fingerprint density at radius 1 is 1.38 bits per heavy atom. The second kappa shape index (κ2) is 9.30. The van der Waals surface area contributed by atoms with Crippen LogP contribution in [0.5, 0.6) is 0 Å². The minimum atomic E-state index is 0.163. The number of hydrogen-bond acceptors (Lipinski definition) is 2. The maximum Gasteiger partial charge on any atom is 0.224 e. The van der Waals surface area contributed by atoms with Gasteiger partial charge in [0.15, 0.2) is 5.96 Å². The third-order valence-electron chi connectivity index (χ3n) is 4.52. The molecule has 2 unspecified atom stereocenters. The molecule has 2 rings (SSSR count). The third kappa shape index (κ3) is 5.55. The summed E-state index contributed by atoms with van der Waals surface area (Å²) in [5, 5.41) is 6.60. The fourth-order valence-corrected chi connectivity index (χ4v) is 3.09. The van der Waals surface area contributed by atoms with E-state index in [4.69, 9.17) is 0 Å². The summed E-state index contributed by atoms with van der Waals surface area (Å²) in [4.78, 5) is 18.5. The van der Waals surface area contributed by atoms with Gasteiger partial charge in [0.2, 0.25) is 5.91 Å². The average molecular weight is 330 g/mol. The van der Waals surface area contributed by atoms with Crippen LogP contribution in [0.15, 0.2) is 35.3 Å². The highest BCUT2D eigenvalue weighted by molar-refractivity contribution is 5.81. The largest absolute Gasteiger partial charge is 0.356 e. The summed E-state index contributed by atoms with van der Waals surface area (Å²) < 4.78 is 0. The number of amides is 1. The van der Waals surface area contributed by atoms with E-state index in [0.717, 1.165) is 25.5 Å². The van der Waals surface area contributed by atoms with Crippen LogP contribution < -0.4 is 10.6 Å². The lowest BCUT2D eigenvalue weighted by molar-refractivity contribution is -0.132. The van der Waals surface area contributed by atoms with Crippen molar-refractivity contribution in [2.45, 2.75) is 39.2 Å². The SMILES string of the molecule is CN=C(NCCC(=O)N1CCCC(C)C1)NC(C)c1ccccc1. The van der Waals surface area contributed by atoms with E-state index in [1.807, 2.05) is 23.1 Å². The highest BCUT2D eigenvalue weighted by atomic mass is 16.2. The van der Waals surface area contributed by atoms with E-state index in [9.17, 15) is 4.79 Å². The monoisotopic (exact) mass is 330 g/mol. The Balaban J connectivity index is 1.74. The molecule has 0 aromatic heterocycles. The van der Waals surface area contributed by atoms with Crippen LogP contribution in [0.3, 0.4) is 0 Å². The second-order valence-corrected chi connectivity index (χ2v) is 6.61. The van der Waals surface area contributed by atoms with Gasteiger partial charge in [0, 0.05) is 33.1 Å². The number of guanidine groups is 1. The van der Waals surface area contributed by atoms with Crippen LogP contribution >= 0.6 is 0 Å². The predicted octanol–water partition coefficient (Wildman–Crippen LogP) is 2.56. The summed E-state index contributed by atoms with van der Waals surface area (Å²) in [6, 6.07) is 10.4. The zero-order valence-electron chi connectivity index (χ0n) is 15.1. The van der Waals surface area contributed by atoms with Gasteiger partial charge in [-0.2, -0.15) is 0 Å². The van der Waals surface area contributed by atoms with Gasteiger partial charge in [-0.15, -0.1) is 0 Å². The van der Waals surface area contributed by atoms with E-state index >= 15 is 0 Å². The Morgan fingerprint density at radius 2 is 2.12 bits per heavy atom. The molecule has 0 saturated carbocycles.